The average molecular weight is 449 g/mol. The molecule has 0 radical (unpaired) electrons. The van der Waals surface area contributed by atoms with Gasteiger partial charge in [-0.2, -0.15) is 0 Å². The van der Waals surface area contributed by atoms with Gasteiger partial charge in [0.2, 0.25) is 5.91 Å². The lowest BCUT2D eigenvalue weighted by atomic mass is 10.4. The van der Waals surface area contributed by atoms with Crippen molar-refractivity contribution in [2.24, 2.45) is 0 Å². The van der Waals surface area contributed by atoms with Crippen LogP contribution in [0.5, 0.6) is 0 Å². The van der Waals surface area contributed by atoms with Crippen molar-refractivity contribution in [1.29, 1.82) is 0 Å². The zero-order chi connectivity index (χ0) is 22.8. The van der Waals surface area contributed by atoms with Gasteiger partial charge in [0.1, 0.15) is 23.2 Å². The van der Waals surface area contributed by atoms with Gasteiger partial charge in [-0.3, -0.25) is 4.79 Å². The second-order valence-electron chi connectivity index (χ2n) is 8.19. The predicted octanol–water partition coefficient (Wildman–Crippen LogP) is 2.59. The van der Waals surface area contributed by atoms with Gasteiger partial charge in [-0.05, 0) is 50.5 Å². The highest BCUT2D eigenvalue weighted by atomic mass is 31.2. The minimum absolute atomic E-state index is 0.126. The van der Waals surface area contributed by atoms with Gasteiger partial charge < -0.3 is 15.1 Å². The molecule has 3 rings (SSSR count). The van der Waals surface area contributed by atoms with Crippen molar-refractivity contribution in [3.63, 3.8) is 0 Å². The summed E-state index contributed by atoms with van der Waals surface area (Å²) >= 11 is 0. The third kappa shape index (κ3) is 5.83. The number of carbonyl (C=O) groups is 1. The maximum Gasteiger partial charge on any atom is 0.236 e. The maximum atomic E-state index is 12.1. The van der Waals surface area contributed by atoms with Crippen molar-refractivity contribution in [2.75, 3.05) is 53.5 Å². The third-order valence-electron chi connectivity index (χ3n) is 5.98. The molecule has 0 atom stereocenters. The van der Waals surface area contributed by atoms with Crippen LogP contribution in [0.15, 0.2) is 91.0 Å². The van der Waals surface area contributed by atoms with Crippen molar-refractivity contribution in [1.82, 2.24) is 15.1 Å². The fraction of sp³-hybridized carbons (Fsp3) is 0.296. The number of hydrogen-bond acceptors (Lipinski definition) is 3. The molecule has 5 heteroatoms. The summed E-state index contributed by atoms with van der Waals surface area (Å²) in [5, 5.41) is 7.16. The molecule has 168 valence electrons. The number of benzene rings is 3. The summed E-state index contributed by atoms with van der Waals surface area (Å²) < 4.78 is 0. The number of nitrogens with zero attached hydrogens (tertiary/aromatic N) is 2. The fourth-order valence-electron chi connectivity index (χ4n) is 4.05. The molecule has 0 aliphatic carbocycles. The largest absolute Gasteiger partial charge is 0.343 e. The lowest BCUT2D eigenvalue weighted by Crippen LogP contribution is -2.41. The van der Waals surface area contributed by atoms with E-state index >= 15 is 0 Å². The van der Waals surface area contributed by atoms with E-state index in [2.05, 4.69) is 108 Å². The molecule has 0 heterocycles. The van der Waals surface area contributed by atoms with Gasteiger partial charge in [-0.25, -0.2) is 0 Å². The van der Waals surface area contributed by atoms with Crippen LogP contribution in [0.25, 0.3) is 0 Å². The molecule has 0 saturated carbocycles. The minimum Gasteiger partial charge on any atom is -0.343 e. The molecular formula is C27H35N3OP+. The van der Waals surface area contributed by atoms with Crippen LogP contribution >= 0.6 is 7.26 Å². The first kappa shape index (κ1) is 24.1. The maximum absolute atomic E-state index is 12.1. The van der Waals surface area contributed by atoms with Crippen LogP contribution < -0.4 is 21.2 Å². The van der Waals surface area contributed by atoms with E-state index < -0.39 is 7.26 Å². The molecule has 0 aliphatic rings. The summed E-state index contributed by atoms with van der Waals surface area (Å²) in [4.78, 5) is 16.2. The lowest BCUT2D eigenvalue weighted by Gasteiger charge is -2.30. The number of nitrogens with one attached hydrogen (secondary N) is 1. The van der Waals surface area contributed by atoms with Gasteiger partial charge in [-0.15, -0.1) is 0 Å². The molecule has 0 unspecified atom stereocenters. The van der Waals surface area contributed by atoms with Crippen LogP contribution in [0, 0.1) is 0 Å². The summed E-state index contributed by atoms with van der Waals surface area (Å²) in [5.41, 5.74) is 0. The highest BCUT2D eigenvalue weighted by Crippen LogP contribution is 2.55. The van der Waals surface area contributed by atoms with E-state index in [1.807, 2.05) is 7.05 Å². The van der Waals surface area contributed by atoms with E-state index in [1.54, 1.807) is 11.9 Å². The van der Waals surface area contributed by atoms with Gasteiger partial charge in [0.25, 0.3) is 0 Å². The standard InChI is InChI=1S/C27H35N3OP/c1-28-23-27(31)30(3)20-19-29(2)21-22-32(24-13-7-4-8-14-24,25-15-9-5-10-16-25)26-17-11-6-12-18-26/h4-18,28H,19-23H2,1-3H3/q+1. The molecular weight excluding hydrogens is 413 g/mol. The number of amides is 1. The minimum atomic E-state index is -1.82. The van der Waals surface area contributed by atoms with Gasteiger partial charge in [0.15, 0.2) is 0 Å². The second kappa shape index (κ2) is 11.9. The second-order valence-corrected chi connectivity index (χ2v) is 11.8. The van der Waals surface area contributed by atoms with Crippen LogP contribution in [0.1, 0.15) is 0 Å². The Labute approximate surface area is 193 Å². The van der Waals surface area contributed by atoms with Crippen LogP contribution in [0.3, 0.4) is 0 Å². The smallest absolute Gasteiger partial charge is 0.236 e. The fourth-order valence-corrected chi connectivity index (χ4v) is 8.40. The van der Waals surface area contributed by atoms with E-state index in [0.29, 0.717) is 6.54 Å². The molecule has 3 aromatic carbocycles. The topological polar surface area (TPSA) is 35.6 Å². The Hall–Kier alpha value is -2.52. The van der Waals surface area contributed by atoms with Crippen LogP contribution in [-0.2, 0) is 4.79 Å². The van der Waals surface area contributed by atoms with E-state index in [-0.39, 0.29) is 5.91 Å². The van der Waals surface area contributed by atoms with Crippen LogP contribution in [0.4, 0.5) is 0 Å². The molecule has 4 nitrogen and oxygen atoms in total. The molecule has 0 aliphatic heterocycles. The summed E-state index contributed by atoms with van der Waals surface area (Å²) in [5.74, 6) is 0.126. The molecule has 0 saturated heterocycles. The molecule has 32 heavy (non-hydrogen) atoms. The lowest BCUT2D eigenvalue weighted by molar-refractivity contribution is -0.129. The average Bonchev–Trinajstić information content (AvgIpc) is 2.85. The Bertz CT molecular complexity index is 854. The SMILES string of the molecule is CNCC(=O)N(C)CCN(C)CC[P+](c1ccccc1)(c1ccccc1)c1ccccc1. The molecule has 0 aromatic heterocycles. The van der Waals surface area contributed by atoms with Crippen molar-refractivity contribution < 1.29 is 4.79 Å². The Morgan fingerprint density at radius 1 is 0.719 bits per heavy atom. The van der Waals surface area contributed by atoms with E-state index in [9.17, 15) is 4.79 Å². The Kier molecular flexibility index (Phi) is 8.99. The van der Waals surface area contributed by atoms with Gasteiger partial charge >= 0.3 is 0 Å². The number of hydrogen-bond donors (Lipinski definition) is 1. The Balaban J connectivity index is 1.88. The van der Waals surface area contributed by atoms with Crippen molar-refractivity contribution in [3.8, 4) is 0 Å². The number of rotatable bonds is 11. The van der Waals surface area contributed by atoms with Gasteiger partial charge in [0.05, 0.1) is 12.7 Å². The predicted molar refractivity (Wildman–Crippen MR) is 139 cm³/mol. The van der Waals surface area contributed by atoms with Crippen LogP contribution in [0.2, 0.25) is 0 Å². The zero-order valence-electron chi connectivity index (χ0n) is 19.4. The molecule has 0 fully saturated rings. The molecule has 0 bridgehead atoms. The summed E-state index contributed by atoms with van der Waals surface area (Å²) in [6.07, 6.45) is 1.05. The normalized spacial score (nSPS) is 11.5. The highest BCUT2D eigenvalue weighted by molar-refractivity contribution is 7.95. The highest BCUT2D eigenvalue weighted by Gasteiger charge is 2.44. The number of likely N-dealkylation sites (N-methyl/N-ethyl adjacent to an activating group) is 3. The summed E-state index contributed by atoms with van der Waals surface area (Å²) in [6, 6.07) is 33.0. The van der Waals surface area contributed by atoms with Gasteiger partial charge in [-0.1, -0.05) is 54.6 Å². The molecule has 1 N–H and O–H groups in total. The van der Waals surface area contributed by atoms with E-state index in [0.717, 1.165) is 25.8 Å². The quantitative estimate of drug-likeness (QED) is 0.458. The van der Waals surface area contributed by atoms with E-state index in [1.165, 1.54) is 15.9 Å². The van der Waals surface area contributed by atoms with Gasteiger partial charge in [0, 0.05) is 26.7 Å². The first-order valence-electron chi connectivity index (χ1n) is 11.2. The number of carbonyl (C=O) groups excluding carboxylic acids is 1. The monoisotopic (exact) mass is 448 g/mol. The zero-order valence-corrected chi connectivity index (χ0v) is 20.3. The molecule has 3 aromatic rings. The molecule has 0 spiro atoms. The van der Waals surface area contributed by atoms with Crippen molar-refractivity contribution >= 4 is 29.1 Å². The van der Waals surface area contributed by atoms with Crippen LogP contribution in [-0.4, -0.2) is 69.2 Å². The third-order valence-corrected chi connectivity index (χ3v) is 10.4. The Morgan fingerprint density at radius 2 is 1.16 bits per heavy atom. The van der Waals surface area contributed by atoms with Crippen molar-refractivity contribution in [3.05, 3.63) is 91.0 Å². The summed E-state index contributed by atoms with van der Waals surface area (Å²) in [7, 11) is 4.02. The summed E-state index contributed by atoms with van der Waals surface area (Å²) in [6.45, 7) is 2.92. The Morgan fingerprint density at radius 3 is 1.56 bits per heavy atom. The van der Waals surface area contributed by atoms with Crippen molar-refractivity contribution in [2.45, 2.75) is 0 Å². The molecule has 1 amide bonds. The first-order chi connectivity index (χ1) is 15.6. The van der Waals surface area contributed by atoms with E-state index in [4.69, 9.17) is 0 Å². The first-order valence-corrected chi connectivity index (χ1v) is 13.2.